The Morgan fingerprint density at radius 1 is 1.23 bits per heavy atom. The topological polar surface area (TPSA) is 15.3 Å². The Labute approximate surface area is 142 Å². The molecule has 0 atom stereocenters. The molecule has 0 aliphatic carbocycles. The van der Waals surface area contributed by atoms with E-state index in [1.165, 1.54) is 16.8 Å². The number of rotatable bonds is 1. The number of anilines is 2. The van der Waals surface area contributed by atoms with Crippen LogP contribution < -0.4 is 10.2 Å². The zero-order valence-electron chi connectivity index (χ0n) is 12.8. The minimum absolute atomic E-state index is 0.732. The Hall–Kier alpha value is -1.58. The Balaban J connectivity index is 1.86. The van der Waals surface area contributed by atoms with Crippen molar-refractivity contribution < 1.29 is 0 Å². The third-order valence-corrected chi connectivity index (χ3v) is 4.84. The van der Waals surface area contributed by atoms with Gasteiger partial charge in [-0.05, 0) is 68.2 Å². The van der Waals surface area contributed by atoms with Crippen LogP contribution in [0.3, 0.4) is 0 Å². The first-order valence-corrected chi connectivity index (χ1v) is 8.28. The van der Waals surface area contributed by atoms with Gasteiger partial charge in [0, 0.05) is 22.9 Å². The van der Waals surface area contributed by atoms with Crippen molar-refractivity contribution in [2.75, 3.05) is 16.8 Å². The molecule has 2 aromatic carbocycles. The lowest BCUT2D eigenvalue weighted by Crippen LogP contribution is -2.38. The van der Waals surface area contributed by atoms with Gasteiger partial charge in [-0.1, -0.05) is 35.4 Å². The molecule has 0 fully saturated rings. The van der Waals surface area contributed by atoms with Gasteiger partial charge in [0.25, 0.3) is 0 Å². The van der Waals surface area contributed by atoms with E-state index in [2.05, 4.69) is 35.3 Å². The van der Waals surface area contributed by atoms with Gasteiger partial charge in [0.1, 0.15) is 0 Å². The first kappa shape index (κ1) is 15.3. The quantitative estimate of drug-likeness (QED) is 0.732. The Morgan fingerprint density at radius 2 is 2.05 bits per heavy atom. The molecule has 1 heterocycles. The maximum atomic E-state index is 6.18. The summed E-state index contributed by atoms with van der Waals surface area (Å²) in [5.74, 6) is 0. The molecule has 2 nitrogen and oxygen atoms in total. The molecule has 0 saturated heterocycles. The Bertz CT molecular complexity index is 727. The molecule has 0 saturated carbocycles. The monoisotopic (exact) mass is 330 g/mol. The van der Waals surface area contributed by atoms with Gasteiger partial charge in [-0.25, -0.2) is 0 Å². The highest BCUT2D eigenvalue weighted by molar-refractivity contribution is 7.80. The second-order valence-corrected chi connectivity index (χ2v) is 6.52. The third kappa shape index (κ3) is 2.96. The first-order valence-electron chi connectivity index (χ1n) is 7.49. The number of benzene rings is 2. The molecule has 2 aromatic rings. The van der Waals surface area contributed by atoms with Gasteiger partial charge in [0.2, 0.25) is 0 Å². The average Bonchev–Trinajstić information content (AvgIpc) is 2.51. The second-order valence-electron chi connectivity index (χ2n) is 5.73. The number of fused-ring (bicyclic) bond motifs is 1. The zero-order valence-corrected chi connectivity index (χ0v) is 14.4. The van der Waals surface area contributed by atoms with Crippen molar-refractivity contribution in [1.82, 2.24) is 0 Å². The highest BCUT2D eigenvalue weighted by atomic mass is 35.5. The number of aryl methyl sites for hydroxylation is 2. The second kappa shape index (κ2) is 6.27. The predicted octanol–water partition coefficient (Wildman–Crippen LogP) is 5.11. The fourth-order valence-corrected chi connectivity index (χ4v) is 3.34. The van der Waals surface area contributed by atoms with Crippen LogP contribution in [0.25, 0.3) is 0 Å². The molecule has 22 heavy (non-hydrogen) atoms. The smallest absolute Gasteiger partial charge is 0.177 e. The minimum atomic E-state index is 0.732. The van der Waals surface area contributed by atoms with Crippen molar-refractivity contribution >= 4 is 40.3 Å². The van der Waals surface area contributed by atoms with Gasteiger partial charge in [-0.3, -0.25) is 0 Å². The van der Waals surface area contributed by atoms with E-state index < -0.39 is 0 Å². The fraction of sp³-hybridized carbons (Fsp3) is 0.278. The van der Waals surface area contributed by atoms with Crippen LogP contribution in [0.5, 0.6) is 0 Å². The number of thiocarbonyl (C=S) groups is 1. The van der Waals surface area contributed by atoms with Crippen molar-refractivity contribution in [1.29, 1.82) is 0 Å². The Kier molecular flexibility index (Phi) is 4.37. The van der Waals surface area contributed by atoms with Crippen molar-refractivity contribution in [2.24, 2.45) is 0 Å². The molecule has 0 bridgehead atoms. The maximum absolute atomic E-state index is 6.18. The van der Waals surface area contributed by atoms with Crippen molar-refractivity contribution in [3.63, 3.8) is 0 Å². The van der Waals surface area contributed by atoms with Gasteiger partial charge in [-0.2, -0.15) is 0 Å². The number of nitrogens with one attached hydrogen (secondary N) is 1. The molecule has 0 unspecified atom stereocenters. The van der Waals surface area contributed by atoms with Gasteiger partial charge in [0.05, 0.1) is 0 Å². The molecule has 0 spiro atoms. The van der Waals surface area contributed by atoms with Crippen LogP contribution in [0, 0.1) is 13.8 Å². The normalized spacial score (nSPS) is 13.7. The van der Waals surface area contributed by atoms with Crippen molar-refractivity contribution in [2.45, 2.75) is 26.7 Å². The molecule has 0 aromatic heterocycles. The highest BCUT2D eigenvalue weighted by Crippen LogP contribution is 2.29. The van der Waals surface area contributed by atoms with Crippen LogP contribution in [0.1, 0.15) is 23.1 Å². The summed E-state index contributed by atoms with van der Waals surface area (Å²) in [5, 5.41) is 4.83. The lowest BCUT2D eigenvalue weighted by Gasteiger charge is -2.32. The van der Waals surface area contributed by atoms with Crippen LogP contribution in [-0.2, 0) is 6.42 Å². The fourth-order valence-electron chi connectivity index (χ4n) is 2.86. The number of hydrogen-bond donors (Lipinski definition) is 1. The molecule has 1 aliphatic rings. The van der Waals surface area contributed by atoms with Crippen LogP contribution in [0.2, 0.25) is 5.02 Å². The number of halogens is 1. The van der Waals surface area contributed by atoms with Crippen LogP contribution in [0.4, 0.5) is 11.4 Å². The number of nitrogens with zero attached hydrogens (tertiary/aromatic N) is 1. The van der Waals surface area contributed by atoms with Gasteiger partial charge in [0.15, 0.2) is 5.11 Å². The Morgan fingerprint density at radius 3 is 2.86 bits per heavy atom. The lowest BCUT2D eigenvalue weighted by molar-refractivity contribution is 0.780. The molecule has 3 rings (SSSR count). The summed E-state index contributed by atoms with van der Waals surface area (Å²) >= 11 is 11.8. The van der Waals surface area contributed by atoms with E-state index in [0.29, 0.717) is 0 Å². The molecule has 0 radical (unpaired) electrons. The van der Waals surface area contributed by atoms with E-state index in [-0.39, 0.29) is 0 Å². The summed E-state index contributed by atoms with van der Waals surface area (Å²) in [6, 6.07) is 12.4. The van der Waals surface area contributed by atoms with E-state index in [9.17, 15) is 0 Å². The molecule has 0 amide bonds. The lowest BCUT2D eigenvalue weighted by atomic mass is 10.00. The zero-order chi connectivity index (χ0) is 15.7. The third-order valence-electron chi connectivity index (χ3n) is 4.11. The molecule has 4 heteroatoms. The van der Waals surface area contributed by atoms with Gasteiger partial charge >= 0.3 is 0 Å². The summed E-state index contributed by atoms with van der Waals surface area (Å²) < 4.78 is 0. The van der Waals surface area contributed by atoms with Crippen molar-refractivity contribution in [3.05, 3.63) is 58.1 Å². The average molecular weight is 331 g/mol. The summed E-state index contributed by atoms with van der Waals surface area (Å²) in [7, 11) is 0. The predicted molar refractivity (Wildman–Crippen MR) is 99.3 cm³/mol. The summed E-state index contributed by atoms with van der Waals surface area (Å²) in [4.78, 5) is 2.19. The molecular formula is C18H19ClN2S. The molecule has 1 aliphatic heterocycles. The van der Waals surface area contributed by atoms with E-state index in [0.717, 1.165) is 40.8 Å². The first-order chi connectivity index (χ1) is 10.6. The van der Waals surface area contributed by atoms with E-state index in [1.54, 1.807) is 0 Å². The van der Waals surface area contributed by atoms with Crippen molar-refractivity contribution in [3.8, 4) is 0 Å². The summed E-state index contributed by atoms with van der Waals surface area (Å²) in [6.07, 6.45) is 2.24. The van der Waals surface area contributed by atoms with E-state index in [1.807, 2.05) is 25.1 Å². The van der Waals surface area contributed by atoms with Gasteiger partial charge < -0.3 is 10.2 Å². The number of hydrogen-bond acceptors (Lipinski definition) is 1. The minimum Gasteiger partial charge on any atom is -0.332 e. The maximum Gasteiger partial charge on any atom is 0.177 e. The molecule has 1 N–H and O–H groups in total. The van der Waals surface area contributed by atoms with E-state index >= 15 is 0 Å². The van der Waals surface area contributed by atoms with Crippen LogP contribution in [-0.4, -0.2) is 11.7 Å². The van der Waals surface area contributed by atoms with Crippen LogP contribution >= 0.6 is 23.8 Å². The summed E-state index contributed by atoms with van der Waals surface area (Å²) in [5.41, 5.74) is 5.88. The SMILES string of the molecule is Cc1ccc2c(c1)CCCN2C(=S)Nc1cccc(Cl)c1C. The standard InChI is InChI=1S/C18H19ClN2S/c1-12-8-9-17-14(11-12)5-4-10-21(17)18(22)20-16-7-3-6-15(19)13(16)2/h3,6-9,11H,4-5,10H2,1-2H3,(H,20,22). The molecule has 114 valence electrons. The molecular weight excluding hydrogens is 312 g/mol. The highest BCUT2D eigenvalue weighted by Gasteiger charge is 2.20. The van der Waals surface area contributed by atoms with E-state index in [4.69, 9.17) is 23.8 Å². The van der Waals surface area contributed by atoms with Gasteiger partial charge in [-0.15, -0.1) is 0 Å². The van der Waals surface area contributed by atoms with Crippen LogP contribution in [0.15, 0.2) is 36.4 Å². The summed E-state index contributed by atoms with van der Waals surface area (Å²) in [6.45, 7) is 5.08. The largest absolute Gasteiger partial charge is 0.332 e.